The Bertz CT molecular complexity index is 653. The maximum absolute atomic E-state index is 12.1. The number of H-pyrrole nitrogens is 1. The third-order valence-electron chi connectivity index (χ3n) is 2.82. The number of thiophene rings is 1. The number of hydrogen-bond donors (Lipinski definition) is 3. The average molecular weight is 300 g/mol. The Morgan fingerprint density at radius 2 is 2.21 bits per heavy atom. The number of nitrogens with one attached hydrogen (secondary N) is 2. The zero-order valence-corrected chi connectivity index (χ0v) is 12.4. The van der Waals surface area contributed by atoms with Crippen molar-refractivity contribution in [1.82, 2.24) is 14.9 Å². The van der Waals surface area contributed by atoms with E-state index in [0.717, 1.165) is 4.88 Å². The van der Waals surface area contributed by atoms with Crippen molar-refractivity contribution >= 4 is 21.4 Å². The summed E-state index contributed by atoms with van der Waals surface area (Å²) in [6.45, 7) is 4.42. The summed E-state index contributed by atoms with van der Waals surface area (Å²) in [5, 5.41) is 6.23. The fraction of sp³-hybridized carbons (Fsp3) is 0.364. The van der Waals surface area contributed by atoms with Gasteiger partial charge in [0.2, 0.25) is 0 Å². The van der Waals surface area contributed by atoms with Gasteiger partial charge in [-0.1, -0.05) is 0 Å². The number of nitrogens with two attached hydrogens (primary N) is 1. The molecule has 0 bridgehead atoms. The van der Waals surface area contributed by atoms with E-state index >= 15 is 0 Å². The quantitative estimate of drug-likeness (QED) is 0.767. The summed E-state index contributed by atoms with van der Waals surface area (Å²) in [5.41, 5.74) is 7.12. The fourth-order valence-electron chi connectivity index (χ4n) is 1.65. The first kappa shape index (κ1) is 14.2. The van der Waals surface area contributed by atoms with E-state index < -0.39 is 10.0 Å². The molecule has 4 N–H and O–H groups in total. The van der Waals surface area contributed by atoms with Crippen LogP contribution < -0.4 is 10.5 Å². The van der Waals surface area contributed by atoms with Crippen molar-refractivity contribution < 1.29 is 8.42 Å². The van der Waals surface area contributed by atoms with Gasteiger partial charge in [-0.2, -0.15) is 5.10 Å². The molecule has 2 rings (SSSR count). The van der Waals surface area contributed by atoms with Crippen molar-refractivity contribution in [3.63, 3.8) is 0 Å². The minimum absolute atomic E-state index is 0.0417. The third-order valence-corrected chi connectivity index (χ3v) is 5.39. The molecule has 0 fully saturated rings. The number of aromatic amines is 1. The molecule has 2 aromatic rings. The van der Waals surface area contributed by atoms with E-state index in [4.69, 9.17) is 5.73 Å². The van der Waals surface area contributed by atoms with Crippen LogP contribution in [0, 0.1) is 13.8 Å². The van der Waals surface area contributed by atoms with Crippen LogP contribution in [0.5, 0.6) is 0 Å². The summed E-state index contributed by atoms with van der Waals surface area (Å²) in [7, 11) is -3.60. The smallest absolute Gasteiger partial charge is 0.258 e. The number of rotatable bonds is 5. The molecular weight excluding hydrogens is 284 g/mol. The molecule has 0 saturated heterocycles. The summed E-state index contributed by atoms with van der Waals surface area (Å²) in [6.07, 6.45) is 1.42. The van der Waals surface area contributed by atoms with Crippen LogP contribution in [0.1, 0.15) is 20.9 Å². The summed E-state index contributed by atoms with van der Waals surface area (Å²) < 4.78 is 26.8. The molecular formula is C11H16N4O2S2. The maximum Gasteiger partial charge on any atom is 0.258 e. The second-order valence-corrected chi connectivity index (χ2v) is 7.25. The van der Waals surface area contributed by atoms with Gasteiger partial charge in [0.15, 0.2) is 5.03 Å². The second-order valence-electron chi connectivity index (χ2n) is 4.20. The minimum Gasteiger partial charge on any atom is -0.326 e. The number of aryl methyl sites for hydroxylation is 2. The standard InChI is InChI=1S/C11H16N4O2S2/c1-7-3-10(18-8(7)2)6-14-19(16,17)11-9(4-12)5-13-15-11/h3,5,14H,4,6,12H2,1-2H3,(H,13,15). The van der Waals surface area contributed by atoms with Crippen molar-refractivity contribution in [3.8, 4) is 0 Å². The molecule has 2 heterocycles. The predicted molar refractivity (Wildman–Crippen MR) is 74.3 cm³/mol. The Hall–Kier alpha value is -1.22. The molecule has 0 spiro atoms. The minimum atomic E-state index is -3.60. The van der Waals surface area contributed by atoms with Gasteiger partial charge in [0.25, 0.3) is 10.0 Å². The molecule has 0 amide bonds. The zero-order chi connectivity index (χ0) is 14.0. The van der Waals surface area contributed by atoms with Crippen LogP contribution in [0.15, 0.2) is 17.3 Å². The highest BCUT2D eigenvalue weighted by Gasteiger charge is 2.20. The number of hydrogen-bond acceptors (Lipinski definition) is 5. The molecule has 0 saturated carbocycles. The Kier molecular flexibility index (Phi) is 4.04. The Morgan fingerprint density at radius 3 is 2.79 bits per heavy atom. The van der Waals surface area contributed by atoms with Crippen molar-refractivity contribution in [3.05, 3.63) is 33.1 Å². The third kappa shape index (κ3) is 3.03. The molecule has 104 valence electrons. The van der Waals surface area contributed by atoms with Gasteiger partial charge < -0.3 is 5.73 Å². The Morgan fingerprint density at radius 1 is 1.47 bits per heavy atom. The Labute approximate surface area is 116 Å². The molecule has 6 nitrogen and oxygen atoms in total. The molecule has 0 aromatic carbocycles. The number of sulfonamides is 1. The van der Waals surface area contributed by atoms with Crippen LogP contribution in [-0.2, 0) is 23.1 Å². The second kappa shape index (κ2) is 5.41. The summed E-state index contributed by atoms with van der Waals surface area (Å²) >= 11 is 1.58. The van der Waals surface area contributed by atoms with Crippen LogP contribution >= 0.6 is 11.3 Å². The van der Waals surface area contributed by atoms with E-state index in [1.807, 2.05) is 19.9 Å². The molecule has 0 aliphatic heterocycles. The van der Waals surface area contributed by atoms with Gasteiger partial charge >= 0.3 is 0 Å². The van der Waals surface area contributed by atoms with Crippen LogP contribution in [0.25, 0.3) is 0 Å². The lowest BCUT2D eigenvalue weighted by molar-refractivity contribution is 0.576. The lowest BCUT2D eigenvalue weighted by Crippen LogP contribution is -2.24. The van der Waals surface area contributed by atoms with Gasteiger partial charge in [-0.25, -0.2) is 13.1 Å². The molecule has 0 radical (unpaired) electrons. The molecule has 19 heavy (non-hydrogen) atoms. The monoisotopic (exact) mass is 300 g/mol. The van der Waals surface area contributed by atoms with Gasteiger partial charge in [0.1, 0.15) is 0 Å². The van der Waals surface area contributed by atoms with E-state index in [1.54, 1.807) is 11.3 Å². The first-order chi connectivity index (χ1) is 8.94. The highest BCUT2D eigenvalue weighted by Crippen LogP contribution is 2.21. The van der Waals surface area contributed by atoms with Gasteiger partial charge in [0, 0.05) is 28.4 Å². The lowest BCUT2D eigenvalue weighted by atomic mass is 10.3. The normalized spacial score (nSPS) is 11.9. The van der Waals surface area contributed by atoms with Crippen LogP contribution in [0.4, 0.5) is 0 Å². The molecule has 0 atom stereocenters. The van der Waals surface area contributed by atoms with Crippen molar-refractivity contribution in [2.75, 3.05) is 0 Å². The van der Waals surface area contributed by atoms with E-state index in [2.05, 4.69) is 14.9 Å². The maximum atomic E-state index is 12.1. The Balaban J connectivity index is 2.14. The highest BCUT2D eigenvalue weighted by molar-refractivity contribution is 7.89. The van der Waals surface area contributed by atoms with E-state index in [-0.39, 0.29) is 18.1 Å². The number of aromatic nitrogens is 2. The predicted octanol–water partition coefficient (Wildman–Crippen LogP) is 1.03. The van der Waals surface area contributed by atoms with Gasteiger partial charge in [-0.3, -0.25) is 5.10 Å². The van der Waals surface area contributed by atoms with Gasteiger partial charge in [-0.05, 0) is 25.5 Å². The fourth-order valence-corrected chi connectivity index (χ4v) is 3.88. The summed E-state index contributed by atoms with van der Waals surface area (Å²) in [5.74, 6) is 0. The SMILES string of the molecule is Cc1cc(CNS(=O)(=O)c2[nH]ncc2CN)sc1C. The summed E-state index contributed by atoms with van der Waals surface area (Å²) in [6, 6.07) is 1.99. The van der Waals surface area contributed by atoms with Crippen molar-refractivity contribution in [2.45, 2.75) is 32.0 Å². The van der Waals surface area contributed by atoms with Crippen LogP contribution in [0.3, 0.4) is 0 Å². The van der Waals surface area contributed by atoms with Crippen LogP contribution in [0.2, 0.25) is 0 Å². The molecule has 0 aliphatic rings. The van der Waals surface area contributed by atoms with Crippen molar-refractivity contribution in [1.29, 1.82) is 0 Å². The van der Waals surface area contributed by atoms with E-state index in [0.29, 0.717) is 5.56 Å². The largest absolute Gasteiger partial charge is 0.326 e. The lowest BCUT2D eigenvalue weighted by Gasteiger charge is -2.04. The van der Waals surface area contributed by atoms with Crippen LogP contribution in [-0.4, -0.2) is 18.6 Å². The van der Waals surface area contributed by atoms with Crippen molar-refractivity contribution in [2.24, 2.45) is 5.73 Å². The average Bonchev–Trinajstić information content (AvgIpc) is 2.95. The van der Waals surface area contributed by atoms with E-state index in [1.165, 1.54) is 16.6 Å². The van der Waals surface area contributed by atoms with Gasteiger partial charge in [-0.15, -0.1) is 11.3 Å². The number of nitrogens with zero attached hydrogens (tertiary/aromatic N) is 1. The first-order valence-corrected chi connectivity index (χ1v) is 8.02. The first-order valence-electron chi connectivity index (χ1n) is 5.72. The summed E-state index contributed by atoms with van der Waals surface area (Å²) in [4.78, 5) is 2.17. The topological polar surface area (TPSA) is 101 Å². The molecule has 0 unspecified atom stereocenters. The molecule has 8 heteroatoms. The highest BCUT2D eigenvalue weighted by atomic mass is 32.2. The zero-order valence-electron chi connectivity index (χ0n) is 10.7. The molecule has 2 aromatic heterocycles. The molecule has 0 aliphatic carbocycles. The van der Waals surface area contributed by atoms with E-state index in [9.17, 15) is 8.42 Å². The van der Waals surface area contributed by atoms with Gasteiger partial charge in [0.05, 0.1) is 6.20 Å².